The van der Waals surface area contributed by atoms with Crippen molar-refractivity contribution in [3.05, 3.63) is 170 Å². The van der Waals surface area contributed by atoms with E-state index < -0.39 is 0 Å². The molecular weight excluding hydrogens is 681 g/mol. The van der Waals surface area contributed by atoms with Gasteiger partial charge in [0.25, 0.3) is 0 Å². The van der Waals surface area contributed by atoms with Gasteiger partial charge in [-0.25, -0.2) is 15.0 Å². The monoisotopic (exact) mass is 708 g/mol. The second kappa shape index (κ2) is 12.3. The van der Waals surface area contributed by atoms with Gasteiger partial charge in [0.05, 0.1) is 32.6 Å². The third kappa shape index (κ3) is 4.76. The zero-order chi connectivity index (χ0) is 35.6. The molecule has 0 N–H and O–H groups in total. The smallest absolute Gasteiger partial charge is 0.238 e. The van der Waals surface area contributed by atoms with Crippen molar-refractivity contribution in [2.75, 3.05) is 0 Å². The zero-order valence-corrected chi connectivity index (χ0v) is 29.6. The number of nitrogens with zero attached hydrogens (tertiary/aromatic N) is 6. The van der Waals surface area contributed by atoms with Gasteiger partial charge in [-0.1, -0.05) is 158 Å². The molecule has 6 nitrogen and oxygen atoms in total. The Balaban J connectivity index is 1.35. The molecule has 4 aromatic heterocycles. The third-order valence-electron chi connectivity index (χ3n) is 10.0. The van der Waals surface area contributed by atoms with E-state index >= 15 is 0 Å². The van der Waals surface area contributed by atoms with E-state index in [1.54, 1.807) is 11.3 Å². The molecule has 4 heterocycles. The molecule has 0 aliphatic rings. The Labute approximate surface area is 313 Å². The fraction of sp³-hybridized carbons (Fsp3) is 0. The standard InChI is InChI=1S/C47H28N6S/c1-5-17-29(18-6-1)39-40(30-19-7-2-8-20-30)49-42-38-34-26-14-16-28-36(34)54-44(38)43-37(41(42)48-39)33-25-13-15-27-35(33)53(43)47-51-45(31-21-9-3-10-22-31)50-46(52-47)32-23-11-4-12-24-32/h1-28H. The fourth-order valence-corrected chi connectivity index (χ4v) is 8.87. The predicted molar refractivity (Wildman–Crippen MR) is 222 cm³/mol. The van der Waals surface area contributed by atoms with E-state index in [0.717, 1.165) is 82.0 Å². The third-order valence-corrected chi connectivity index (χ3v) is 11.2. The van der Waals surface area contributed by atoms with Crippen LogP contribution in [0.3, 0.4) is 0 Å². The zero-order valence-electron chi connectivity index (χ0n) is 28.8. The Morgan fingerprint density at radius 2 is 0.852 bits per heavy atom. The molecule has 0 amide bonds. The highest BCUT2D eigenvalue weighted by atomic mass is 32.1. The van der Waals surface area contributed by atoms with Crippen LogP contribution in [0.25, 0.3) is 104 Å². The van der Waals surface area contributed by atoms with Crippen LogP contribution in [0.5, 0.6) is 0 Å². The molecule has 11 rings (SSSR count). The van der Waals surface area contributed by atoms with Gasteiger partial charge in [0.2, 0.25) is 5.95 Å². The molecule has 7 aromatic carbocycles. The summed E-state index contributed by atoms with van der Waals surface area (Å²) in [6.07, 6.45) is 0. The number of benzene rings is 7. The number of fused-ring (bicyclic) bond motifs is 10. The Hall–Kier alpha value is -7.09. The first-order valence-corrected chi connectivity index (χ1v) is 18.7. The first kappa shape index (κ1) is 30.5. The maximum atomic E-state index is 5.65. The molecule has 11 aromatic rings. The summed E-state index contributed by atoms with van der Waals surface area (Å²) in [4.78, 5) is 26.8. The van der Waals surface area contributed by atoms with Crippen molar-refractivity contribution < 1.29 is 0 Å². The van der Waals surface area contributed by atoms with Crippen LogP contribution in [0.2, 0.25) is 0 Å². The molecular formula is C47H28N6S. The summed E-state index contributed by atoms with van der Waals surface area (Å²) >= 11 is 1.77. The summed E-state index contributed by atoms with van der Waals surface area (Å²) in [5.74, 6) is 1.76. The molecule has 54 heavy (non-hydrogen) atoms. The number of thiophene rings is 1. The summed E-state index contributed by atoms with van der Waals surface area (Å²) in [5, 5.41) is 4.30. The lowest BCUT2D eigenvalue weighted by atomic mass is 10.0. The molecule has 0 spiro atoms. The van der Waals surface area contributed by atoms with Gasteiger partial charge in [0, 0.05) is 48.5 Å². The summed E-state index contributed by atoms with van der Waals surface area (Å²) in [6, 6.07) is 58.1. The van der Waals surface area contributed by atoms with Gasteiger partial charge in [-0.15, -0.1) is 11.3 Å². The number of aromatic nitrogens is 6. The largest absolute Gasteiger partial charge is 0.276 e. The predicted octanol–water partition coefficient (Wildman–Crippen LogP) is 11.9. The minimum atomic E-state index is 0.546. The number of para-hydroxylation sites is 1. The second-order valence-corrected chi connectivity index (χ2v) is 14.3. The Kier molecular flexibility index (Phi) is 6.93. The molecule has 252 valence electrons. The highest BCUT2D eigenvalue weighted by molar-refractivity contribution is 7.27. The van der Waals surface area contributed by atoms with Crippen LogP contribution in [0.15, 0.2) is 170 Å². The van der Waals surface area contributed by atoms with E-state index in [1.807, 2.05) is 72.8 Å². The molecule has 0 atom stereocenters. The summed E-state index contributed by atoms with van der Waals surface area (Å²) < 4.78 is 4.51. The summed E-state index contributed by atoms with van der Waals surface area (Å²) in [5.41, 5.74) is 9.27. The lowest BCUT2D eigenvalue weighted by Crippen LogP contribution is -2.06. The molecule has 0 bridgehead atoms. The van der Waals surface area contributed by atoms with Crippen molar-refractivity contribution in [3.8, 4) is 51.2 Å². The van der Waals surface area contributed by atoms with Crippen molar-refractivity contribution in [1.29, 1.82) is 0 Å². The van der Waals surface area contributed by atoms with Crippen LogP contribution in [0, 0.1) is 0 Å². The second-order valence-electron chi connectivity index (χ2n) is 13.2. The molecule has 0 saturated carbocycles. The van der Waals surface area contributed by atoms with E-state index in [2.05, 4.69) is 102 Å². The lowest BCUT2D eigenvalue weighted by molar-refractivity contribution is 0.955. The Morgan fingerprint density at radius 3 is 1.43 bits per heavy atom. The van der Waals surface area contributed by atoms with E-state index in [0.29, 0.717) is 17.6 Å². The van der Waals surface area contributed by atoms with Crippen LogP contribution in [0.1, 0.15) is 0 Å². The molecule has 0 aliphatic heterocycles. The van der Waals surface area contributed by atoms with Crippen molar-refractivity contribution >= 4 is 64.3 Å². The maximum absolute atomic E-state index is 5.65. The van der Waals surface area contributed by atoms with Crippen molar-refractivity contribution in [2.45, 2.75) is 0 Å². The van der Waals surface area contributed by atoms with Gasteiger partial charge in [-0.2, -0.15) is 9.97 Å². The van der Waals surface area contributed by atoms with E-state index in [-0.39, 0.29) is 0 Å². The SMILES string of the molecule is c1ccc(-c2nc(-c3ccccc3)nc(-n3c4ccccc4c4c5nc(-c6ccccc6)c(-c6ccccc6)nc5c5c6ccccc6sc5c43)n2)cc1. The first-order valence-electron chi connectivity index (χ1n) is 17.9. The maximum Gasteiger partial charge on any atom is 0.238 e. The van der Waals surface area contributed by atoms with Gasteiger partial charge in [-0.3, -0.25) is 4.57 Å². The summed E-state index contributed by atoms with van der Waals surface area (Å²) in [6.45, 7) is 0. The van der Waals surface area contributed by atoms with Gasteiger partial charge >= 0.3 is 0 Å². The van der Waals surface area contributed by atoms with Gasteiger partial charge < -0.3 is 0 Å². The molecule has 7 heteroatoms. The fourth-order valence-electron chi connectivity index (χ4n) is 7.63. The topological polar surface area (TPSA) is 69.4 Å². The number of hydrogen-bond acceptors (Lipinski definition) is 6. The minimum Gasteiger partial charge on any atom is -0.276 e. The minimum absolute atomic E-state index is 0.546. The number of rotatable bonds is 5. The van der Waals surface area contributed by atoms with Gasteiger partial charge in [0.1, 0.15) is 5.52 Å². The van der Waals surface area contributed by atoms with E-state index in [9.17, 15) is 0 Å². The van der Waals surface area contributed by atoms with Crippen molar-refractivity contribution in [2.24, 2.45) is 0 Å². The van der Waals surface area contributed by atoms with Crippen molar-refractivity contribution in [3.63, 3.8) is 0 Å². The van der Waals surface area contributed by atoms with Crippen LogP contribution >= 0.6 is 11.3 Å². The van der Waals surface area contributed by atoms with Crippen molar-refractivity contribution in [1.82, 2.24) is 29.5 Å². The van der Waals surface area contributed by atoms with Crippen LogP contribution < -0.4 is 0 Å². The molecule has 0 radical (unpaired) electrons. The average Bonchev–Trinajstić information content (AvgIpc) is 3.81. The highest BCUT2D eigenvalue weighted by Gasteiger charge is 2.27. The summed E-state index contributed by atoms with van der Waals surface area (Å²) in [7, 11) is 0. The van der Waals surface area contributed by atoms with Gasteiger partial charge in [-0.05, 0) is 12.1 Å². The van der Waals surface area contributed by atoms with Crippen LogP contribution in [0.4, 0.5) is 0 Å². The Bertz CT molecular complexity index is 3140. The molecule has 0 fully saturated rings. The first-order chi connectivity index (χ1) is 26.8. The molecule has 0 unspecified atom stereocenters. The van der Waals surface area contributed by atoms with Crippen LogP contribution in [-0.2, 0) is 0 Å². The van der Waals surface area contributed by atoms with E-state index in [1.165, 1.54) is 4.70 Å². The average molecular weight is 709 g/mol. The quantitative estimate of drug-likeness (QED) is 0.178. The lowest BCUT2D eigenvalue weighted by Gasteiger charge is -2.14. The van der Waals surface area contributed by atoms with E-state index in [4.69, 9.17) is 24.9 Å². The molecule has 0 aliphatic carbocycles. The Morgan fingerprint density at radius 1 is 0.389 bits per heavy atom. The molecule has 0 saturated heterocycles. The number of hydrogen-bond donors (Lipinski definition) is 0. The normalized spacial score (nSPS) is 11.7. The van der Waals surface area contributed by atoms with Crippen LogP contribution in [-0.4, -0.2) is 29.5 Å². The van der Waals surface area contributed by atoms with Gasteiger partial charge in [0.15, 0.2) is 11.6 Å². The highest BCUT2D eigenvalue weighted by Crippen LogP contribution is 2.48.